The van der Waals surface area contributed by atoms with Crippen LogP contribution in [-0.4, -0.2) is 29.0 Å². The van der Waals surface area contributed by atoms with Crippen molar-refractivity contribution in [3.8, 4) is 0 Å². The van der Waals surface area contributed by atoms with Crippen LogP contribution in [0.3, 0.4) is 0 Å². The number of aromatic nitrogens is 2. The number of anilines is 1. The van der Waals surface area contributed by atoms with Gasteiger partial charge in [-0.2, -0.15) is 5.10 Å². The highest BCUT2D eigenvalue weighted by atomic mass is 35.5. The molecule has 0 saturated carbocycles. The van der Waals surface area contributed by atoms with E-state index in [9.17, 15) is 4.79 Å². The molecule has 1 aromatic rings. The van der Waals surface area contributed by atoms with Crippen LogP contribution in [0.5, 0.6) is 0 Å². The van der Waals surface area contributed by atoms with E-state index in [1.807, 2.05) is 6.92 Å². The molecule has 0 aromatic carbocycles. The van der Waals surface area contributed by atoms with Gasteiger partial charge < -0.3 is 10.1 Å². The molecule has 0 aliphatic carbocycles. The molecule has 5 nitrogen and oxygen atoms in total. The molecule has 82 valence electrons. The van der Waals surface area contributed by atoms with Gasteiger partial charge in [0.05, 0.1) is 24.0 Å². The Bertz CT molecular complexity index is 407. The molecule has 2 N–H and O–H groups in total. The highest BCUT2D eigenvalue weighted by Gasteiger charge is 2.24. The number of nitrogens with zero attached hydrogens (tertiary/aromatic N) is 1. The van der Waals surface area contributed by atoms with E-state index in [0.29, 0.717) is 5.69 Å². The van der Waals surface area contributed by atoms with Crippen molar-refractivity contribution in [2.45, 2.75) is 25.5 Å². The lowest BCUT2D eigenvalue weighted by atomic mass is 10.1. The van der Waals surface area contributed by atoms with Gasteiger partial charge in [-0.05, 0) is 13.3 Å². The molecule has 1 aliphatic heterocycles. The fourth-order valence-electron chi connectivity index (χ4n) is 1.61. The van der Waals surface area contributed by atoms with Gasteiger partial charge in [-0.3, -0.25) is 4.79 Å². The maximum atomic E-state index is 11.2. The number of ether oxygens (including phenoxy) is 1. The second-order valence-electron chi connectivity index (χ2n) is 3.54. The predicted octanol–water partition coefficient (Wildman–Crippen LogP) is 1.01. The molecule has 0 bridgehead atoms. The van der Waals surface area contributed by atoms with Gasteiger partial charge in [0.15, 0.2) is 0 Å². The Kier molecular flexibility index (Phi) is 2.93. The molecule has 1 aromatic heterocycles. The molecule has 2 atom stereocenters. The van der Waals surface area contributed by atoms with E-state index in [1.54, 1.807) is 0 Å². The molecular weight excluding hydrogens is 218 g/mol. The first-order chi connectivity index (χ1) is 7.18. The van der Waals surface area contributed by atoms with E-state index in [-0.39, 0.29) is 22.7 Å². The van der Waals surface area contributed by atoms with Crippen LogP contribution < -0.4 is 10.9 Å². The lowest BCUT2D eigenvalue weighted by Crippen LogP contribution is -2.27. The Balaban J connectivity index is 2.17. The van der Waals surface area contributed by atoms with Crippen molar-refractivity contribution in [2.75, 3.05) is 11.9 Å². The largest absolute Gasteiger partial charge is 0.377 e. The minimum absolute atomic E-state index is 0.125. The van der Waals surface area contributed by atoms with E-state index in [4.69, 9.17) is 16.3 Å². The van der Waals surface area contributed by atoms with Crippen LogP contribution in [0.15, 0.2) is 11.0 Å². The highest BCUT2D eigenvalue weighted by Crippen LogP contribution is 2.21. The fourth-order valence-corrected chi connectivity index (χ4v) is 1.75. The molecule has 1 fully saturated rings. The second kappa shape index (κ2) is 4.20. The third-order valence-corrected chi connectivity index (χ3v) is 2.89. The summed E-state index contributed by atoms with van der Waals surface area (Å²) in [6, 6.07) is 0.186. The maximum absolute atomic E-state index is 11.2. The minimum atomic E-state index is -0.381. The van der Waals surface area contributed by atoms with Crippen LogP contribution in [0.4, 0.5) is 5.69 Å². The molecule has 1 aliphatic rings. The SMILES string of the molecule is CC1OCCC1Nc1cn[nH]c(=O)c1Cl. The predicted molar refractivity (Wildman–Crippen MR) is 57.3 cm³/mol. The molecular formula is C9H12ClN3O2. The van der Waals surface area contributed by atoms with Gasteiger partial charge >= 0.3 is 0 Å². The van der Waals surface area contributed by atoms with Crippen molar-refractivity contribution >= 4 is 17.3 Å². The summed E-state index contributed by atoms with van der Waals surface area (Å²) < 4.78 is 5.40. The van der Waals surface area contributed by atoms with Crippen LogP contribution in [0.25, 0.3) is 0 Å². The average Bonchev–Trinajstić information content (AvgIpc) is 2.60. The van der Waals surface area contributed by atoms with E-state index in [1.165, 1.54) is 6.20 Å². The van der Waals surface area contributed by atoms with Gasteiger partial charge in [-0.1, -0.05) is 11.6 Å². The Hall–Kier alpha value is -1.07. The fraction of sp³-hybridized carbons (Fsp3) is 0.556. The minimum Gasteiger partial charge on any atom is -0.377 e. The summed E-state index contributed by atoms with van der Waals surface area (Å²) in [5.74, 6) is 0. The van der Waals surface area contributed by atoms with Gasteiger partial charge in [-0.15, -0.1) is 0 Å². The number of halogens is 1. The zero-order valence-electron chi connectivity index (χ0n) is 8.29. The number of hydrogen-bond donors (Lipinski definition) is 2. The maximum Gasteiger partial charge on any atom is 0.285 e. The van der Waals surface area contributed by atoms with Gasteiger partial charge in [0.1, 0.15) is 5.02 Å². The van der Waals surface area contributed by atoms with Crippen LogP contribution in [0.2, 0.25) is 5.02 Å². The van der Waals surface area contributed by atoms with Crippen LogP contribution >= 0.6 is 11.6 Å². The summed E-state index contributed by atoms with van der Waals surface area (Å²) in [5.41, 5.74) is 0.177. The van der Waals surface area contributed by atoms with Crippen molar-refractivity contribution in [1.29, 1.82) is 0 Å². The van der Waals surface area contributed by atoms with E-state index < -0.39 is 0 Å². The summed E-state index contributed by atoms with van der Waals surface area (Å²) in [4.78, 5) is 11.2. The van der Waals surface area contributed by atoms with Gasteiger partial charge in [-0.25, -0.2) is 5.10 Å². The standard InChI is InChI=1S/C9H12ClN3O2/c1-5-6(2-3-15-5)12-7-4-11-13-9(14)8(7)10/h4-6H,2-3H2,1H3,(H2,12,13,14). The topological polar surface area (TPSA) is 67.0 Å². The third-order valence-electron chi connectivity index (χ3n) is 2.51. The monoisotopic (exact) mass is 229 g/mol. The summed E-state index contributed by atoms with van der Waals surface area (Å²) in [5, 5.41) is 9.26. The number of rotatable bonds is 2. The Morgan fingerprint density at radius 1 is 1.73 bits per heavy atom. The molecule has 0 spiro atoms. The Morgan fingerprint density at radius 3 is 3.20 bits per heavy atom. The van der Waals surface area contributed by atoms with E-state index in [0.717, 1.165) is 13.0 Å². The molecule has 0 amide bonds. The summed E-state index contributed by atoms with van der Waals surface area (Å²) in [6.45, 7) is 2.71. The molecule has 2 rings (SSSR count). The Morgan fingerprint density at radius 2 is 2.53 bits per heavy atom. The Labute approximate surface area is 91.8 Å². The van der Waals surface area contributed by atoms with Crippen molar-refractivity contribution in [3.05, 3.63) is 21.6 Å². The number of H-pyrrole nitrogens is 1. The van der Waals surface area contributed by atoms with Crippen molar-refractivity contribution in [3.63, 3.8) is 0 Å². The molecule has 2 heterocycles. The van der Waals surface area contributed by atoms with Crippen molar-refractivity contribution < 1.29 is 4.74 Å². The summed E-state index contributed by atoms with van der Waals surface area (Å²) >= 11 is 5.83. The van der Waals surface area contributed by atoms with E-state index in [2.05, 4.69) is 15.5 Å². The number of nitrogens with one attached hydrogen (secondary N) is 2. The molecule has 1 saturated heterocycles. The molecule has 0 radical (unpaired) electrons. The third kappa shape index (κ3) is 2.13. The zero-order valence-corrected chi connectivity index (χ0v) is 9.04. The van der Waals surface area contributed by atoms with Crippen LogP contribution in [0.1, 0.15) is 13.3 Å². The smallest absolute Gasteiger partial charge is 0.285 e. The molecule has 2 unspecified atom stereocenters. The lowest BCUT2D eigenvalue weighted by Gasteiger charge is -2.17. The molecule has 15 heavy (non-hydrogen) atoms. The second-order valence-corrected chi connectivity index (χ2v) is 3.92. The average molecular weight is 230 g/mol. The highest BCUT2D eigenvalue weighted by molar-refractivity contribution is 6.32. The van der Waals surface area contributed by atoms with Crippen molar-refractivity contribution in [2.24, 2.45) is 0 Å². The van der Waals surface area contributed by atoms with E-state index >= 15 is 0 Å². The number of aromatic amines is 1. The summed E-state index contributed by atoms with van der Waals surface area (Å²) in [6.07, 6.45) is 2.54. The summed E-state index contributed by atoms with van der Waals surface area (Å²) in [7, 11) is 0. The molecule has 6 heteroatoms. The lowest BCUT2D eigenvalue weighted by molar-refractivity contribution is 0.121. The number of hydrogen-bond acceptors (Lipinski definition) is 4. The van der Waals surface area contributed by atoms with Crippen molar-refractivity contribution in [1.82, 2.24) is 10.2 Å². The normalized spacial score (nSPS) is 25.5. The quantitative estimate of drug-likeness (QED) is 0.795. The van der Waals surface area contributed by atoms with Crippen LogP contribution in [-0.2, 0) is 4.74 Å². The van der Waals surface area contributed by atoms with Crippen LogP contribution in [0, 0.1) is 0 Å². The first kappa shape index (κ1) is 10.4. The van der Waals surface area contributed by atoms with Gasteiger partial charge in [0, 0.05) is 6.61 Å². The first-order valence-corrected chi connectivity index (χ1v) is 5.17. The van der Waals surface area contributed by atoms with Gasteiger partial charge in [0.25, 0.3) is 5.56 Å². The van der Waals surface area contributed by atoms with Gasteiger partial charge in [0.2, 0.25) is 0 Å². The first-order valence-electron chi connectivity index (χ1n) is 4.80. The zero-order chi connectivity index (χ0) is 10.8.